The molecule has 0 aromatic heterocycles. The average Bonchev–Trinajstić information content (AvgIpc) is 3.25. The zero-order chi connectivity index (χ0) is 32.1. The van der Waals surface area contributed by atoms with E-state index in [0.717, 1.165) is 22.3 Å². The number of cyclic esters (lactones) is 1. The molecule has 0 spiro atoms. The summed E-state index contributed by atoms with van der Waals surface area (Å²) in [7, 11) is 0. The van der Waals surface area contributed by atoms with Crippen LogP contribution in [0.4, 0.5) is 0 Å². The van der Waals surface area contributed by atoms with Crippen molar-refractivity contribution < 1.29 is 23.9 Å². The molecule has 234 valence electrons. The molecule has 0 bridgehead atoms. The van der Waals surface area contributed by atoms with Crippen molar-refractivity contribution >= 4 is 17.8 Å². The van der Waals surface area contributed by atoms with Crippen LogP contribution in [-0.4, -0.2) is 35.7 Å². The maximum Gasteiger partial charge on any atom is 0.338 e. The summed E-state index contributed by atoms with van der Waals surface area (Å²) in [6, 6.07) is 25.2. The Labute approximate surface area is 261 Å². The zero-order valence-corrected chi connectivity index (χ0v) is 27.0. The van der Waals surface area contributed by atoms with Gasteiger partial charge in [0.25, 0.3) is 0 Å². The van der Waals surface area contributed by atoms with Crippen LogP contribution < -0.4 is 10.6 Å². The molecule has 3 aromatic carbocycles. The SMILES string of the molecule is Cc1cccc(-c2ccccc2CCCC(C(=O)NC(C(=O)NC(C)c2ccccc2)C(C)(C)C)C2OC(C)(C)OC2=O)c1. The van der Waals surface area contributed by atoms with E-state index in [1.807, 2.05) is 70.2 Å². The fourth-order valence-corrected chi connectivity index (χ4v) is 5.74. The maximum atomic E-state index is 14.0. The standard InChI is InChI=1S/C37H46N2O5/c1-24-15-13-20-28(23-24)29-21-12-11-18-27(29)19-14-22-30(31-35(42)44-37(6,7)43-31)33(40)39-32(36(3,4)5)34(41)38-25(2)26-16-9-8-10-17-26/h8-13,15-18,20-21,23,25,30-32H,14,19,22H2,1-7H3,(H,38,41)(H,39,40). The lowest BCUT2D eigenvalue weighted by Gasteiger charge is -2.33. The minimum atomic E-state index is -1.13. The fourth-order valence-electron chi connectivity index (χ4n) is 5.74. The summed E-state index contributed by atoms with van der Waals surface area (Å²) >= 11 is 0. The molecule has 7 heteroatoms. The highest BCUT2D eigenvalue weighted by molar-refractivity contribution is 5.92. The number of benzene rings is 3. The molecule has 1 fully saturated rings. The molecule has 44 heavy (non-hydrogen) atoms. The predicted molar refractivity (Wildman–Crippen MR) is 172 cm³/mol. The van der Waals surface area contributed by atoms with Gasteiger partial charge in [0.1, 0.15) is 6.04 Å². The van der Waals surface area contributed by atoms with E-state index in [2.05, 4.69) is 54.0 Å². The number of ether oxygens (including phenoxy) is 2. The van der Waals surface area contributed by atoms with Gasteiger partial charge in [0.15, 0.2) is 6.10 Å². The second-order valence-electron chi connectivity index (χ2n) is 13.3. The number of rotatable bonds is 11. The van der Waals surface area contributed by atoms with Crippen LogP contribution in [0, 0.1) is 18.3 Å². The highest BCUT2D eigenvalue weighted by atomic mass is 16.8. The van der Waals surface area contributed by atoms with Crippen molar-refractivity contribution in [1.82, 2.24) is 10.6 Å². The first kappa shape index (κ1) is 32.9. The topological polar surface area (TPSA) is 93.7 Å². The summed E-state index contributed by atoms with van der Waals surface area (Å²) in [6.07, 6.45) is 0.648. The molecule has 3 aromatic rings. The van der Waals surface area contributed by atoms with Crippen molar-refractivity contribution in [2.45, 2.75) is 91.7 Å². The van der Waals surface area contributed by atoms with Crippen LogP contribution in [-0.2, 0) is 30.3 Å². The second-order valence-corrected chi connectivity index (χ2v) is 13.3. The van der Waals surface area contributed by atoms with Crippen molar-refractivity contribution in [3.63, 3.8) is 0 Å². The molecule has 1 aliphatic rings. The molecule has 1 aliphatic heterocycles. The monoisotopic (exact) mass is 598 g/mol. The summed E-state index contributed by atoms with van der Waals surface area (Å²) in [4.78, 5) is 40.5. The molecule has 1 heterocycles. The van der Waals surface area contributed by atoms with Gasteiger partial charge in [-0.2, -0.15) is 0 Å². The smallest absolute Gasteiger partial charge is 0.338 e. The van der Waals surface area contributed by atoms with Crippen molar-refractivity contribution in [2.75, 3.05) is 0 Å². The first-order chi connectivity index (χ1) is 20.7. The normalized spacial score (nSPS) is 18.2. The molecule has 0 radical (unpaired) electrons. The number of carbonyl (C=O) groups is 3. The van der Waals surface area contributed by atoms with Crippen LogP contribution in [0.2, 0.25) is 0 Å². The van der Waals surface area contributed by atoms with Gasteiger partial charge in [-0.25, -0.2) is 4.79 Å². The molecule has 0 saturated carbocycles. The number of esters is 1. The van der Waals surface area contributed by atoms with E-state index in [1.54, 1.807) is 13.8 Å². The molecular formula is C37H46N2O5. The quantitative estimate of drug-likeness (QED) is 0.240. The Balaban J connectivity index is 1.53. The minimum absolute atomic E-state index is 0.247. The van der Waals surface area contributed by atoms with Crippen LogP contribution in [0.5, 0.6) is 0 Å². The second kappa shape index (κ2) is 13.8. The van der Waals surface area contributed by atoms with Crippen LogP contribution in [0.1, 0.15) is 77.1 Å². The number of nitrogens with one attached hydrogen (secondary N) is 2. The van der Waals surface area contributed by atoms with E-state index in [1.165, 1.54) is 5.56 Å². The van der Waals surface area contributed by atoms with Crippen LogP contribution in [0.3, 0.4) is 0 Å². The number of hydrogen-bond donors (Lipinski definition) is 2. The van der Waals surface area contributed by atoms with Gasteiger partial charge in [-0.3, -0.25) is 9.59 Å². The van der Waals surface area contributed by atoms with Crippen molar-refractivity contribution in [1.29, 1.82) is 0 Å². The number of aryl methyl sites for hydroxylation is 2. The van der Waals surface area contributed by atoms with Crippen LogP contribution in [0.25, 0.3) is 11.1 Å². The number of carbonyl (C=O) groups excluding carboxylic acids is 3. The Morgan fingerprint density at radius 1 is 0.909 bits per heavy atom. The van der Waals surface area contributed by atoms with E-state index in [4.69, 9.17) is 9.47 Å². The molecular weight excluding hydrogens is 552 g/mol. The molecule has 0 aliphatic carbocycles. The van der Waals surface area contributed by atoms with E-state index in [0.29, 0.717) is 19.3 Å². The van der Waals surface area contributed by atoms with E-state index in [9.17, 15) is 14.4 Å². The third-order valence-electron chi connectivity index (χ3n) is 8.07. The van der Waals surface area contributed by atoms with Gasteiger partial charge < -0.3 is 20.1 Å². The van der Waals surface area contributed by atoms with Gasteiger partial charge in [-0.15, -0.1) is 0 Å². The number of amides is 2. The fraction of sp³-hybridized carbons (Fsp3) is 0.432. The highest BCUT2D eigenvalue weighted by Crippen LogP contribution is 2.32. The summed E-state index contributed by atoms with van der Waals surface area (Å²) in [6.45, 7) is 13.0. The van der Waals surface area contributed by atoms with Gasteiger partial charge in [-0.1, -0.05) is 105 Å². The Morgan fingerprint density at radius 2 is 1.59 bits per heavy atom. The van der Waals surface area contributed by atoms with Gasteiger partial charge in [-0.05, 0) is 60.8 Å². The Kier molecular flexibility index (Phi) is 10.3. The van der Waals surface area contributed by atoms with Crippen LogP contribution in [0.15, 0.2) is 78.9 Å². The lowest BCUT2D eigenvalue weighted by molar-refractivity contribution is -0.162. The summed E-state index contributed by atoms with van der Waals surface area (Å²) < 4.78 is 11.4. The predicted octanol–water partition coefficient (Wildman–Crippen LogP) is 6.69. The Hall–Kier alpha value is -3.97. The minimum Gasteiger partial charge on any atom is -0.432 e. The largest absolute Gasteiger partial charge is 0.432 e. The molecule has 4 atom stereocenters. The molecule has 4 rings (SSSR count). The third-order valence-corrected chi connectivity index (χ3v) is 8.07. The van der Waals surface area contributed by atoms with Crippen molar-refractivity contribution in [3.8, 4) is 11.1 Å². The average molecular weight is 599 g/mol. The zero-order valence-electron chi connectivity index (χ0n) is 27.0. The van der Waals surface area contributed by atoms with Gasteiger partial charge in [0.2, 0.25) is 17.6 Å². The highest BCUT2D eigenvalue weighted by Gasteiger charge is 2.48. The number of hydrogen-bond acceptors (Lipinski definition) is 5. The lowest BCUT2D eigenvalue weighted by atomic mass is 9.84. The molecule has 2 N–H and O–H groups in total. The summed E-state index contributed by atoms with van der Waals surface area (Å²) in [5.41, 5.74) is 5.01. The van der Waals surface area contributed by atoms with E-state index in [-0.39, 0.29) is 11.9 Å². The van der Waals surface area contributed by atoms with Crippen LogP contribution >= 0.6 is 0 Å². The molecule has 2 amide bonds. The maximum absolute atomic E-state index is 14.0. The van der Waals surface area contributed by atoms with Crippen molar-refractivity contribution in [3.05, 3.63) is 95.6 Å². The first-order valence-corrected chi connectivity index (χ1v) is 15.5. The van der Waals surface area contributed by atoms with Crippen molar-refractivity contribution in [2.24, 2.45) is 11.3 Å². The Bertz CT molecular complexity index is 1460. The Morgan fingerprint density at radius 3 is 2.23 bits per heavy atom. The molecule has 7 nitrogen and oxygen atoms in total. The molecule has 1 saturated heterocycles. The molecule has 4 unspecified atom stereocenters. The summed E-state index contributed by atoms with van der Waals surface area (Å²) in [5.74, 6) is -3.23. The third kappa shape index (κ3) is 8.35. The van der Waals surface area contributed by atoms with E-state index >= 15 is 0 Å². The summed E-state index contributed by atoms with van der Waals surface area (Å²) in [5, 5.41) is 6.04. The lowest BCUT2D eigenvalue weighted by Crippen LogP contribution is -2.56. The van der Waals surface area contributed by atoms with Gasteiger partial charge in [0, 0.05) is 13.8 Å². The first-order valence-electron chi connectivity index (χ1n) is 15.5. The van der Waals surface area contributed by atoms with Gasteiger partial charge in [0.05, 0.1) is 12.0 Å². The van der Waals surface area contributed by atoms with Gasteiger partial charge >= 0.3 is 5.97 Å². The van der Waals surface area contributed by atoms with E-state index < -0.39 is 41.1 Å².